The summed E-state index contributed by atoms with van der Waals surface area (Å²) in [5.74, 6) is 2.25. The zero-order chi connectivity index (χ0) is 20.9. The van der Waals surface area contributed by atoms with Crippen molar-refractivity contribution in [2.24, 2.45) is 0 Å². The highest BCUT2D eigenvalue weighted by Crippen LogP contribution is 2.47. The number of fused-ring (bicyclic) bond motifs is 1. The molecule has 0 unspecified atom stereocenters. The second-order valence-corrected chi connectivity index (χ2v) is 7.84. The highest BCUT2D eigenvalue weighted by molar-refractivity contribution is 5.51. The van der Waals surface area contributed by atoms with Gasteiger partial charge >= 0.3 is 0 Å². The Morgan fingerprint density at radius 3 is 2.50 bits per heavy atom. The number of benzene rings is 3. The minimum absolute atomic E-state index is 0.100. The molecule has 0 saturated heterocycles. The van der Waals surface area contributed by atoms with E-state index in [0.29, 0.717) is 13.2 Å². The zero-order valence-electron chi connectivity index (χ0n) is 17.6. The molecule has 1 aliphatic heterocycles. The molecule has 0 amide bonds. The Hall–Kier alpha value is -2.98. The molecule has 1 heterocycles. The first-order valence-electron chi connectivity index (χ1n) is 10.6. The average Bonchev–Trinajstić information content (AvgIpc) is 2.79. The first-order valence-corrected chi connectivity index (χ1v) is 10.6. The fourth-order valence-corrected chi connectivity index (χ4v) is 4.05. The number of nitrogens with zero attached hydrogens (tertiary/aromatic N) is 1. The van der Waals surface area contributed by atoms with E-state index in [1.165, 1.54) is 11.1 Å². The molecule has 3 aromatic rings. The Kier molecular flexibility index (Phi) is 6.24. The van der Waals surface area contributed by atoms with E-state index in [4.69, 9.17) is 9.47 Å². The summed E-state index contributed by atoms with van der Waals surface area (Å²) in [5.41, 5.74) is 3.45. The second kappa shape index (κ2) is 9.23. The molecule has 0 fully saturated rings. The Labute approximate surface area is 178 Å². The molecule has 4 nitrogen and oxygen atoms in total. The summed E-state index contributed by atoms with van der Waals surface area (Å²) in [7, 11) is 2.09. The summed E-state index contributed by atoms with van der Waals surface area (Å²) in [6.07, 6.45) is 0. The van der Waals surface area contributed by atoms with Gasteiger partial charge in [-0.05, 0) is 55.1 Å². The minimum Gasteiger partial charge on any atom is -0.508 e. The molecular weight excluding hydrogens is 374 g/mol. The van der Waals surface area contributed by atoms with Gasteiger partial charge in [0.15, 0.2) is 0 Å². The maximum absolute atomic E-state index is 10.1. The zero-order valence-corrected chi connectivity index (χ0v) is 17.6. The number of rotatable bonds is 7. The third kappa shape index (κ3) is 4.44. The van der Waals surface area contributed by atoms with E-state index >= 15 is 0 Å². The molecule has 0 saturated carbocycles. The molecule has 0 bridgehead atoms. The summed E-state index contributed by atoms with van der Waals surface area (Å²) in [5, 5.41) is 10.1. The van der Waals surface area contributed by atoms with E-state index in [1.807, 2.05) is 30.3 Å². The molecule has 1 aliphatic rings. The van der Waals surface area contributed by atoms with Crippen LogP contribution in [0.3, 0.4) is 0 Å². The SMILES string of the molecule is CCN(C)CCOc1ccc([C@H]2c3cc(O)ccc3OC[C@H]2c2ccccc2)cc1. The summed E-state index contributed by atoms with van der Waals surface area (Å²) in [4.78, 5) is 2.23. The number of likely N-dealkylation sites (N-methyl/N-ethyl adjacent to an activating group) is 1. The van der Waals surface area contributed by atoms with E-state index in [0.717, 1.165) is 30.2 Å². The van der Waals surface area contributed by atoms with Crippen molar-refractivity contribution in [3.8, 4) is 17.2 Å². The maximum atomic E-state index is 10.1. The summed E-state index contributed by atoms with van der Waals surface area (Å²) in [6, 6.07) is 24.2. The van der Waals surface area contributed by atoms with Crippen LogP contribution in [0.1, 0.15) is 35.4 Å². The van der Waals surface area contributed by atoms with Gasteiger partial charge in [-0.1, -0.05) is 49.4 Å². The first-order chi connectivity index (χ1) is 14.7. The smallest absolute Gasteiger partial charge is 0.123 e. The van der Waals surface area contributed by atoms with Crippen molar-refractivity contribution in [3.05, 3.63) is 89.5 Å². The Balaban J connectivity index is 1.62. The fourth-order valence-electron chi connectivity index (χ4n) is 4.05. The van der Waals surface area contributed by atoms with Crippen LogP contribution in [-0.4, -0.2) is 43.4 Å². The largest absolute Gasteiger partial charge is 0.508 e. The number of phenols is 1. The molecule has 0 aromatic heterocycles. The van der Waals surface area contributed by atoms with Gasteiger partial charge in [-0.3, -0.25) is 0 Å². The fraction of sp³-hybridized carbons (Fsp3) is 0.308. The molecule has 30 heavy (non-hydrogen) atoms. The van der Waals surface area contributed by atoms with Crippen LogP contribution < -0.4 is 9.47 Å². The van der Waals surface area contributed by atoms with E-state index in [9.17, 15) is 5.11 Å². The highest BCUT2D eigenvalue weighted by atomic mass is 16.5. The van der Waals surface area contributed by atoms with Crippen LogP contribution in [0.4, 0.5) is 0 Å². The van der Waals surface area contributed by atoms with Crippen LogP contribution in [0, 0.1) is 0 Å². The van der Waals surface area contributed by atoms with Crippen molar-refractivity contribution in [3.63, 3.8) is 0 Å². The van der Waals surface area contributed by atoms with Gasteiger partial charge in [-0.25, -0.2) is 0 Å². The number of ether oxygens (including phenoxy) is 2. The number of hydrogen-bond donors (Lipinski definition) is 1. The van der Waals surface area contributed by atoms with Crippen molar-refractivity contribution in [1.29, 1.82) is 0 Å². The van der Waals surface area contributed by atoms with Gasteiger partial charge in [0.2, 0.25) is 0 Å². The molecular formula is C26H29NO3. The standard InChI is InChI=1S/C26H29NO3/c1-3-27(2)15-16-29-22-12-9-20(10-13-22)26-23-17-21(28)11-14-25(23)30-18-24(26)19-7-5-4-6-8-19/h4-14,17,24,26,28H,3,15-16,18H2,1-2H3/t24-,26-/m0/s1. The summed E-state index contributed by atoms with van der Waals surface area (Å²) < 4.78 is 12.0. The average molecular weight is 404 g/mol. The van der Waals surface area contributed by atoms with Gasteiger partial charge in [-0.15, -0.1) is 0 Å². The normalized spacial score (nSPS) is 18.0. The minimum atomic E-state index is 0.100. The summed E-state index contributed by atoms with van der Waals surface area (Å²) in [6.45, 7) is 5.33. The Bertz CT molecular complexity index is 956. The number of phenolic OH excluding ortho intramolecular Hbond substituents is 1. The monoisotopic (exact) mass is 403 g/mol. The molecule has 0 spiro atoms. The third-order valence-corrected chi connectivity index (χ3v) is 5.90. The van der Waals surface area contributed by atoms with E-state index in [-0.39, 0.29) is 17.6 Å². The first kappa shape index (κ1) is 20.3. The molecule has 0 radical (unpaired) electrons. The molecule has 2 atom stereocenters. The Morgan fingerprint density at radius 2 is 1.77 bits per heavy atom. The van der Waals surface area contributed by atoms with Crippen LogP contribution in [0.2, 0.25) is 0 Å². The highest BCUT2D eigenvalue weighted by Gasteiger charge is 2.33. The van der Waals surface area contributed by atoms with E-state index < -0.39 is 0 Å². The quantitative estimate of drug-likeness (QED) is 0.601. The maximum Gasteiger partial charge on any atom is 0.123 e. The van der Waals surface area contributed by atoms with Crippen LogP contribution in [0.5, 0.6) is 17.2 Å². The van der Waals surface area contributed by atoms with Crippen LogP contribution in [0.15, 0.2) is 72.8 Å². The molecule has 156 valence electrons. The van der Waals surface area contributed by atoms with E-state index in [2.05, 4.69) is 55.3 Å². The van der Waals surface area contributed by atoms with Gasteiger partial charge in [0, 0.05) is 23.9 Å². The molecule has 1 N–H and O–H groups in total. The van der Waals surface area contributed by atoms with Gasteiger partial charge in [0.25, 0.3) is 0 Å². The van der Waals surface area contributed by atoms with Crippen LogP contribution >= 0.6 is 0 Å². The van der Waals surface area contributed by atoms with Gasteiger partial charge in [0.05, 0.1) is 6.61 Å². The van der Waals surface area contributed by atoms with E-state index in [1.54, 1.807) is 6.07 Å². The van der Waals surface area contributed by atoms with Gasteiger partial charge < -0.3 is 19.5 Å². The van der Waals surface area contributed by atoms with Gasteiger partial charge in [0.1, 0.15) is 23.9 Å². The van der Waals surface area contributed by atoms with Crippen LogP contribution in [-0.2, 0) is 0 Å². The van der Waals surface area contributed by atoms with Crippen LogP contribution in [0.25, 0.3) is 0 Å². The Morgan fingerprint density at radius 1 is 1.00 bits per heavy atom. The lowest BCUT2D eigenvalue weighted by atomic mass is 9.76. The van der Waals surface area contributed by atoms with Crippen molar-refractivity contribution in [2.75, 3.05) is 33.4 Å². The van der Waals surface area contributed by atoms with Crippen molar-refractivity contribution < 1.29 is 14.6 Å². The lowest BCUT2D eigenvalue weighted by Gasteiger charge is -2.34. The predicted octanol–water partition coefficient (Wildman–Crippen LogP) is 5.03. The van der Waals surface area contributed by atoms with Crippen molar-refractivity contribution in [1.82, 2.24) is 4.90 Å². The lowest BCUT2D eigenvalue weighted by molar-refractivity contribution is 0.243. The second-order valence-electron chi connectivity index (χ2n) is 7.84. The molecule has 0 aliphatic carbocycles. The lowest BCUT2D eigenvalue weighted by Crippen LogP contribution is -2.25. The number of aromatic hydroxyl groups is 1. The molecule has 4 heteroatoms. The topological polar surface area (TPSA) is 41.9 Å². The molecule has 3 aromatic carbocycles. The van der Waals surface area contributed by atoms with Crippen molar-refractivity contribution >= 4 is 0 Å². The van der Waals surface area contributed by atoms with Gasteiger partial charge in [-0.2, -0.15) is 0 Å². The number of hydrogen-bond acceptors (Lipinski definition) is 4. The third-order valence-electron chi connectivity index (χ3n) is 5.90. The molecule has 4 rings (SSSR count). The summed E-state index contributed by atoms with van der Waals surface area (Å²) >= 11 is 0. The predicted molar refractivity (Wildman–Crippen MR) is 120 cm³/mol. The van der Waals surface area contributed by atoms with Crippen molar-refractivity contribution in [2.45, 2.75) is 18.8 Å².